The minimum Gasteiger partial charge on any atom is -0.496 e. The highest BCUT2D eigenvalue weighted by Crippen LogP contribution is 2.40. The first-order chi connectivity index (χ1) is 21.8. The summed E-state index contributed by atoms with van der Waals surface area (Å²) in [6.07, 6.45) is 6.15. The summed E-state index contributed by atoms with van der Waals surface area (Å²) in [6, 6.07) is 11.1. The maximum Gasteiger partial charge on any atom is 0.270 e. The van der Waals surface area contributed by atoms with Gasteiger partial charge in [-0.3, -0.25) is 19.0 Å². The van der Waals surface area contributed by atoms with Crippen molar-refractivity contribution in [1.82, 2.24) is 39.6 Å². The van der Waals surface area contributed by atoms with Crippen molar-refractivity contribution in [2.45, 2.75) is 39.4 Å². The van der Waals surface area contributed by atoms with E-state index in [1.807, 2.05) is 55.1 Å². The van der Waals surface area contributed by atoms with Gasteiger partial charge in [0.15, 0.2) is 5.82 Å². The van der Waals surface area contributed by atoms with E-state index in [-0.39, 0.29) is 30.3 Å². The van der Waals surface area contributed by atoms with Gasteiger partial charge in [0.1, 0.15) is 11.4 Å². The van der Waals surface area contributed by atoms with Crippen molar-refractivity contribution >= 4 is 28.3 Å². The van der Waals surface area contributed by atoms with E-state index in [4.69, 9.17) is 4.74 Å². The molecular weight excluding hydrogens is 575 g/mol. The number of benzene rings is 2. The van der Waals surface area contributed by atoms with Gasteiger partial charge in [-0.05, 0) is 42.7 Å². The number of hydrogen-bond acceptors (Lipinski definition) is 6. The van der Waals surface area contributed by atoms with E-state index in [0.29, 0.717) is 60.6 Å². The summed E-state index contributed by atoms with van der Waals surface area (Å²) in [4.78, 5) is 33.5. The Morgan fingerprint density at radius 1 is 1.07 bits per heavy atom. The minimum atomic E-state index is -0.462. The molecule has 0 saturated heterocycles. The number of halogens is 1. The van der Waals surface area contributed by atoms with Crippen molar-refractivity contribution in [3.05, 3.63) is 88.9 Å². The van der Waals surface area contributed by atoms with E-state index >= 15 is 4.39 Å². The van der Waals surface area contributed by atoms with Crippen LogP contribution in [0.3, 0.4) is 0 Å². The molecule has 0 unspecified atom stereocenters. The van der Waals surface area contributed by atoms with Gasteiger partial charge in [0, 0.05) is 54.8 Å². The van der Waals surface area contributed by atoms with Crippen LogP contribution in [0.25, 0.3) is 27.6 Å². The van der Waals surface area contributed by atoms with Crippen LogP contribution in [-0.4, -0.2) is 71.6 Å². The number of carbonyl (C=O) groups excluding carboxylic acids is 2. The number of amides is 2. The normalized spacial score (nSPS) is 14.6. The molecule has 0 bridgehead atoms. The number of para-hydroxylation sites is 1. The molecule has 3 aromatic heterocycles. The molecule has 230 valence electrons. The maximum absolute atomic E-state index is 16.6. The Balaban J connectivity index is 1.25. The first-order valence-corrected chi connectivity index (χ1v) is 14.9. The number of fused-ring (bicyclic) bond motifs is 2. The predicted molar refractivity (Wildman–Crippen MR) is 166 cm³/mol. The second-order valence-electron chi connectivity index (χ2n) is 11.5. The van der Waals surface area contributed by atoms with Crippen LogP contribution in [0.2, 0.25) is 0 Å². The Morgan fingerprint density at radius 2 is 1.91 bits per heavy atom. The van der Waals surface area contributed by atoms with Gasteiger partial charge in [-0.25, -0.2) is 4.39 Å². The number of aryl methyl sites for hydroxylation is 3. The van der Waals surface area contributed by atoms with Gasteiger partial charge >= 0.3 is 0 Å². The summed E-state index contributed by atoms with van der Waals surface area (Å²) >= 11 is 0. The highest BCUT2D eigenvalue weighted by Gasteiger charge is 2.31. The summed E-state index contributed by atoms with van der Waals surface area (Å²) in [5, 5.41) is 12.8. The van der Waals surface area contributed by atoms with Gasteiger partial charge in [0.2, 0.25) is 5.91 Å². The van der Waals surface area contributed by atoms with Gasteiger partial charge < -0.3 is 19.5 Å². The fraction of sp³-hybridized carbons (Fsp3) is 0.303. The number of hydrogen-bond donors (Lipinski definition) is 1. The van der Waals surface area contributed by atoms with Crippen LogP contribution in [0.5, 0.6) is 5.75 Å². The topological polar surface area (TPSA) is 114 Å². The smallest absolute Gasteiger partial charge is 0.270 e. The number of nitrogens with zero attached hydrogens (tertiary/aromatic N) is 7. The second kappa shape index (κ2) is 11.3. The molecule has 2 amide bonds. The van der Waals surface area contributed by atoms with E-state index in [1.165, 1.54) is 0 Å². The number of aromatic amines is 1. The van der Waals surface area contributed by atoms with Gasteiger partial charge in [0.25, 0.3) is 5.91 Å². The number of ether oxygens (including phenoxy) is 1. The first kappa shape index (κ1) is 28.5. The molecule has 11 nitrogen and oxygen atoms in total. The zero-order valence-corrected chi connectivity index (χ0v) is 25.4. The molecule has 2 aromatic carbocycles. The van der Waals surface area contributed by atoms with Crippen LogP contribution in [0.1, 0.15) is 45.8 Å². The molecule has 2 aliphatic rings. The number of carbonyl (C=O) groups is 2. The lowest BCUT2D eigenvalue weighted by Gasteiger charge is -2.28. The van der Waals surface area contributed by atoms with Crippen LogP contribution in [0, 0.1) is 12.7 Å². The highest BCUT2D eigenvalue weighted by atomic mass is 19.1. The number of aromatic nitrogens is 6. The van der Waals surface area contributed by atoms with E-state index in [0.717, 1.165) is 28.1 Å². The minimum absolute atomic E-state index is 0.0349. The van der Waals surface area contributed by atoms with E-state index in [9.17, 15) is 9.59 Å². The lowest BCUT2D eigenvalue weighted by atomic mass is 9.93. The zero-order valence-electron chi connectivity index (χ0n) is 25.4. The lowest BCUT2D eigenvalue weighted by molar-refractivity contribution is -0.131. The third-order valence-electron chi connectivity index (χ3n) is 8.81. The molecule has 12 heteroatoms. The van der Waals surface area contributed by atoms with Crippen molar-refractivity contribution in [1.29, 1.82) is 0 Å². The number of nitrogens with one attached hydrogen (secondary N) is 1. The van der Waals surface area contributed by atoms with Crippen LogP contribution in [0.4, 0.5) is 4.39 Å². The summed E-state index contributed by atoms with van der Waals surface area (Å²) in [6.45, 7) is 4.07. The van der Waals surface area contributed by atoms with Crippen LogP contribution < -0.4 is 4.74 Å². The highest BCUT2D eigenvalue weighted by molar-refractivity contribution is 6.05. The Hall–Kier alpha value is -5.26. The summed E-state index contributed by atoms with van der Waals surface area (Å²) in [7, 11) is 3.48. The Bertz CT molecular complexity index is 1950. The Labute approximate surface area is 258 Å². The molecule has 5 aromatic rings. The fourth-order valence-electron chi connectivity index (χ4n) is 6.47. The van der Waals surface area contributed by atoms with Crippen LogP contribution in [0.15, 0.2) is 54.9 Å². The van der Waals surface area contributed by atoms with Crippen molar-refractivity contribution in [2.75, 3.05) is 20.2 Å². The monoisotopic (exact) mass is 608 g/mol. The van der Waals surface area contributed by atoms with E-state index < -0.39 is 5.82 Å². The quantitative estimate of drug-likeness (QED) is 0.292. The van der Waals surface area contributed by atoms with Crippen LogP contribution >= 0.6 is 0 Å². The summed E-state index contributed by atoms with van der Waals surface area (Å²) in [5.74, 6) is -0.0799. The maximum atomic E-state index is 16.6. The Morgan fingerprint density at radius 3 is 2.69 bits per heavy atom. The number of methoxy groups -OCH3 is 1. The number of rotatable bonds is 7. The molecule has 5 heterocycles. The van der Waals surface area contributed by atoms with Crippen molar-refractivity contribution in [2.24, 2.45) is 7.05 Å². The van der Waals surface area contributed by atoms with E-state index in [2.05, 4.69) is 20.4 Å². The third-order valence-corrected chi connectivity index (χ3v) is 8.81. The fourth-order valence-corrected chi connectivity index (χ4v) is 6.47. The van der Waals surface area contributed by atoms with Crippen molar-refractivity contribution in [3.63, 3.8) is 0 Å². The molecule has 0 radical (unpaired) electrons. The second-order valence-corrected chi connectivity index (χ2v) is 11.5. The molecule has 7 rings (SSSR count). The van der Waals surface area contributed by atoms with Gasteiger partial charge in [0.05, 0.1) is 49.8 Å². The van der Waals surface area contributed by atoms with Gasteiger partial charge in [-0.15, -0.1) is 5.10 Å². The average molecular weight is 609 g/mol. The Kier molecular flexibility index (Phi) is 7.19. The third kappa shape index (κ3) is 5.05. The largest absolute Gasteiger partial charge is 0.496 e. The molecule has 0 atom stereocenters. The molecule has 0 fully saturated rings. The lowest BCUT2D eigenvalue weighted by Crippen LogP contribution is -2.36. The molecule has 0 spiro atoms. The average Bonchev–Trinajstić information content (AvgIpc) is 3.87. The van der Waals surface area contributed by atoms with E-state index in [1.54, 1.807) is 40.1 Å². The van der Waals surface area contributed by atoms with Crippen molar-refractivity contribution in [3.8, 4) is 16.9 Å². The van der Waals surface area contributed by atoms with Crippen molar-refractivity contribution < 1.29 is 18.7 Å². The SMILES string of the molecule is COc1ccccc1-c1cc(C2=CCCN(C(=O)CCn3ccnn3)C2)c(F)c2[nH]c(C(=O)N3Cc4c(C)nn(C)c4C3)cc12. The number of H-pyrrole nitrogens is 1. The molecular formula is C33H33FN8O3. The molecule has 0 aliphatic carbocycles. The van der Waals surface area contributed by atoms with Crippen LogP contribution in [-0.2, 0) is 31.5 Å². The predicted octanol–water partition coefficient (Wildman–Crippen LogP) is 4.48. The van der Waals surface area contributed by atoms with Gasteiger partial charge in [-0.2, -0.15) is 5.10 Å². The molecule has 2 aliphatic heterocycles. The summed E-state index contributed by atoms with van der Waals surface area (Å²) < 4.78 is 25.7. The molecule has 45 heavy (non-hydrogen) atoms. The first-order valence-electron chi connectivity index (χ1n) is 14.9. The van der Waals surface area contributed by atoms with Gasteiger partial charge in [-0.1, -0.05) is 29.5 Å². The molecule has 0 saturated carbocycles. The molecule has 1 N–H and O–H groups in total. The zero-order chi connectivity index (χ0) is 31.2. The summed E-state index contributed by atoms with van der Waals surface area (Å²) in [5.41, 5.74) is 6.10. The standard InChI is InChI=1S/C33H33FN8O3/c1-20-26-18-41(19-28(26)39(2)37-20)33(44)27-16-25-24(22-8-4-5-9-29(22)45-3)15-23(31(34)32(25)36-27)21-7-6-12-40(17-21)30(43)10-13-42-14-11-35-38-42/h4-5,7-9,11,14-16,36H,6,10,12-13,17-19H2,1-3H3.